The minimum Gasteiger partial charge on any atom is -0.373 e. The summed E-state index contributed by atoms with van der Waals surface area (Å²) >= 11 is 0. The minimum absolute atomic E-state index is 0.00329. The van der Waals surface area contributed by atoms with Crippen LogP contribution in [0.25, 0.3) is 0 Å². The van der Waals surface area contributed by atoms with Crippen LogP contribution in [0.15, 0.2) is 18.3 Å². The van der Waals surface area contributed by atoms with E-state index in [1.54, 1.807) is 14.1 Å². The van der Waals surface area contributed by atoms with Gasteiger partial charge in [0.05, 0.1) is 0 Å². The first-order chi connectivity index (χ1) is 13.3. The van der Waals surface area contributed by atoms with E-state index >= 15 is 0 Å². The predicted molar refractivity (Wildman–Crippen MR) is 114 cm³/mol. The molecule has 0 radical (unpaired) electrons. The second-order valence-corrected chi connectivity index (χ2v) is 6.22. The van der Waals surface area contributed by atoms with Crippen LogP contribution in [0.3, 0.4) is 0 Å². The average Bonchev–Trinajstić information content (AvgIpc) is 2.72. The number of hydrogen-bond acceptors (Lipinski definition) is 6. The van der Waals surface area contributed by atoms with Gasteiger partial charge < -0.3 is 21.3 Å². The zero-order chi connectivity index (χ0) is 21.9. The normalized spacial score (nSPS) is 17.0. The van der Waals surface area contributed by atoms with E-state index in [-0.39, 0.29) is 12.1 Å². The number of hydrogen-bond donors (Lipinski definition) is 3. The summed E-state index contributed by atoms with van der Waals surface area (Å²) in [4.78, 5) is 35.7. The molecule has 8 heteroatoms. The lowest BCUT2D eigenvalue weighted by Crippen LogP contribution is -2.49. The number of anilines is 1. The SMILES string of the molecule is CC.CN(C)C=O.CNc1ccc(C)cn1.NC1CCCCC1NC(=O)C=O. The van der Waals surface area contributed by atoms with E-state index in [2.05, 4.69) is 15.6 Å². The molecular formula is C20H37N5O3. The van der Waals surface area contributed by atoms with Crippen molar-refractivity contribution in [1.29, 1.82) is 0 Å². The molecule has 0 spiro atoms. The average molecular weight is 396 g/mol. The molecule has 1 heterocycles. The molecule has 1 aliphatic carbocycles. The Kier molecular flexibility index (Phi) is 17.7. The molecule has 28 heavy (non-hydrogen) atoms. The highest BCUT2D eigenvalue weighted by atomic mass is 16.2. The number of amides is 2. The molecule has 2 atom stereocenters. The van der Waals surface area contributed by atoms with Crippen LogP contribution in [0.4, 0.5) is 5.82 Å². The number of nitrogens with one attached hydrogen (secondary N) is 2. The van der Waals surface area contributed by atoms with Gasteiger partial charge in [-0.05, 0) is 31.4 Å². The zero-order valence-electron chi connectivity index (χ0n) is 18.1. The molecule has 1 aromatic heterocycles. The van der Waals surface area contributed by atoms with E-state index in [1.807, 2.05) is 46.1 Å². The number of nitrogens with two attached hydrogens (primary N) is 1. The number of nitrogens with zero attached hydrogens (tertiary/aromatic N) is 2. The Morgan fingerprint density at radius 3 is 2.18 bits per heavy atom. The van der Waals surface area contributed by atoms with E-state index < -0.39 is 5.91 Å². The summed E-state index contributed by atoms with van der Waals surface area (Å²) in [7, 11) is 5.23. The van der Waals surface area contributed by atoms with E-state index in [4.69, 9.17) is 5.73 Å². The molecule has 1 aliphatic rings. The van der Waals surface area contributed by atoms with Gasteiger partial charge in [-0.15, -0.1) is 0 Å². The molecule has 2 unspecified atom stereocenters. The van der Waals surface area contributed by atoms with Crippen molar-refractivity contribution < 1.29 is 14.4 Å². The van der Waals surface area contributed by atoms with Crippen LogP contribution >= 0.6 is 0 Å². The minimum atomic E-state index is -0.558. The highest BCUT2D eigenvalue weighted by Gasteiger charge is 2.22. The Balaban J connectivity index is 0. The molecule has 2 rings (SSSR count). The van der Waals surface area contributed by atoms with Gasteiger partial charge in [0, 0.05) is 39.4 Å². The first kappa shape index (κ1) is 27.7. The molecule has 2 amide bonds. The third kappa shape index (κ3) is 14.7. The highest BCUT2D eigenvalue weighted by Crippen LogP contribution is 2.16. The van der Waals surface area contributed by atoms with Crippen molar-refractivity contribution in [3.63, 3.8) is 0 Å². The lowest BCUT2D eigenvalue weighted by molar-refractivity contribution is -0.132. The van der Waals surface area contributed by atoms with Crippen molar-refractivity contribution in [1.82, 2.24) is 15.2 Å². The van der Waals surface area contributed by atoms with Gasteiger partial charge in [-0.1, -0.05) is 32.8 Å². The largest absolute Gasteiger partial charge is 0.373 e. The Bertz CT molecular complexity index is 535. The van der Waals surface area contributed by atoms with Crippen molar-refractivity contribution in [2.24, 2.45) is 5.73 Å². The van der Waals surface area contributed by atoms with Crippen molar-refractivity contribution in [3.05, 3.63) is 23.9 Å². The second kappa shape index (κ2) is 17.9. The molecule has 1 aromatic rings. The Morgan fingerprint density at radius 2 is 1.79 bits per heavy atom. The fourth-order valence-electron chi connectivity index (χ4n) is 2.17. The van der Waals surface area contributed by atoms with Crippen LogP contribution in [0.5, 0.6) is 0 Å². The van der Waals surface area contributed by atoms with E-state index in [9.17, 15) is 14.4 Å². The molecule has 160 valence electrons. The van der Waals surface area contributed by atoms with Gasteiger partial charge in [-0.25, -0.2) is 4.98 Å². The summed E-state index contributed by atoms with van der Waals surface area (Å²) in [5.41, 5.74) is 6.94. The van der Waals surface area contributed by atoms with Gasteiger partial charge in [-0.2, -0.15) is 0 Å². The number of aldehydes is 1. The van der Waals surface area contributed by atoms with Crippen LogP contribution in [0.1, 0.15) is 45.1 Å². The third-order valence-electron chi connectivity index (χ3n) is 3.63. The summed E-state index contributed by atoms with van der Waals surface area (Å²) in [6.07, 6.45) is 6.91. The molecule has 0 saturated heterocycles. The second-order valence-electron chi connectivity index (χ2n) is 6.22. The summed E-state index contributed by atoms with van der Waals surface area (Å²) in [5, 5.41) is 5.53. The Morgan fingerprint density at radius 1 is 1.21 bits per heavy atom. The van der Waals surface area contributed by atoms with Gasteiger partial charge >= 0.3 is 0 Å². The highest BCUT2D eigenvalue weighted by molar-refractivity contribution is 6.23. The fraction of sp³-hybridized carbons (Fsp3) is 0.600. The van der Waals surface area contributed by atoms with Crippen molar-refractivity contribution in [2.75, 3.05) is 26.5 Å². The van der Waals surface area contributed by atoms with Crippen LogP contribution in [0.2, 0.25) is 0 Å². The van der Waals surface area contributed by atoms with E-state index in [1.165, 1.54) is 10.5 Å². The van der Waals surface area contributed by atoms with Crippen LogP contribution < -0.4 is 16.4 Å². The topological polar surface area (TPSA) is 117 Å². The molecule has 1 fully saturated rings. The molecule has 1 saturated carbocycles. The number of carbonyl (C=O) groups is 3. The number of pyridine rings is 1. The van der Waals surface area contributed by atoms with Crippen LogP contribution in [-0.4, -0.2) is 61.7 Å². The summed E-state index contributed by atoms with van der Waals surface area (Å²) in [6, 6.07) is 3.99. The zero-order valence-corrected chi connectivity index (χ0v) is 18.1. The van der Waals surface area contributed by atoms with E-state index in [0.29, 0.717) is 6.29 Å². The molecule has 0 aromatic carbocycles. The lowest BCUT2D eigenvalue weighted by atomic mass is 9.91. The summed E-state index contributed by atoms with van der Waals surface area (Å²) in [5.74, 6) is 0.359. The smallest absolute Gasteiger partial charge is 0.284 e. The van der Waals surface area contributed by atoms with Crippen molar-refractivity contribution >= 4 is 24.4 Å². The molecule has 8 nitrogen and oxygen atoms in total. The first-order valence-electron chi connectivity index (χ1n) is 9.57. The maximum Gasteiger partial charge on any atom is 0.284 e. The van der Waals surface area contributed by atoms with Gasteiger partial charge in [0.2, 0.25) is 12.7 Å². The molecule has 0 bridgehead atoms. The third-order valence-corrected chi connectivity index (χ3v) is 3.63. The standard InChI is InChI=1S/C8H14N2O2.C7H10N2.C3H7NO.C2H6/c9-6-3-1-2-4-7(6)10-8(12)5-11;1-6-3-4-7(8-2)9-5-6;1-4(2)3-5;1-2/h5-7H,1-4,9H2,(H,10,12);3-5H,1-2H3,(H,8,9);3H,1-2H3;1-2H3. The first-order valence-corrected chi connectivity index (χ1v) is 9.57. The number of aromatic nitrogens is 1. The van der Waals surface area contributed by atoms with Crippen LogP contribution in [0, 0.1) is 6.92 Å². The lowest BCUT2D eigenvalue weighted by Gasteiger charge is -2.28. The molecule has 4 N–H and O–H groups in total. The maximum atomic E-state index is 10.7. The Labute approximate surface area is 169 Å². The maximum absolute atomic E-state index is 10.7. The van der Waals surface area contributed by atoms with Crippen LogP contribution in [-0.2, 0) is 14.4 Å². The molecular weight excluding hydrogens is 358 g/mol. The van der Waals surface area contributed by atoms with Crippen molar-refractivity contribution in [2.45, 2.75) is 58.5 Å². The Hall–Kier alpha value is -2.48. The van der Waals surface area contributed by atoms with Gasteiger partial charge in [0.1, 0.15) is 5.82 Å². The van der Waals surface area contributed by atoms with Gasteiger partial charge in [0.25, 0.3) is 5.91 Å². The fourth-order valence-corrected chi connectivity index (χ4v) is 2.17. The quantitative estimate of drug-likeness (QED) is 0.528. The van der Waals surface area contributed by atoms with Gasteiger partial charge in [0.15, 0.2) is 0 Å². The number of carbonyl (C=O) groups excluding carboxylic acids is 3. The monoisotopic (exact) mass is 395 g/mol. The number of aryl methyl sites for hydroxylation is 1. The van der Waals surface area contributed by atoms with E-state index in [0.717, 1.165) is 37.9 Å². The summed E-state index contributed by atoms with van der Waals surface area (Å²) in [6.45, 7) is 6.02. The summed E-state index contributed by atoms with van der Waals surface area (Å²) < 4.78 is 0. The predicted octanol–water partition coefficient (Wildman–Crippen LogP) is 1.73. The van der Waals surface area contributed by atoms with Crippen molar-refractivity contribution in [3.8, 4) is 0 Å². The number of rotatable bonds is 4. The van der Waals surface area contributed by atoms with Gasteiger partial charge in [-0.3, -0.25) is 14.4 Å². The molecule has 0 aliphatic heterocycles.